The van der Waals surface area contributed by atoms with E-state index >= 15 is 0 Å². The van der Waals surface area contributed by atoms with E-state index in [9.17, 15) is 4.79 Å². The molecule has 0 aliphatic carbocycles. The third-order valence-electron chi connectivity index (χ3n) is 5.44. The summed E-state index contributed by atoms with van der Waals surface area (Å²) in [4.78, 5) is 17.9. The molecule has 1 heterocycles. The van der Waals surface area contributed by atoms with Gasteiger partial charge in [0, 0.05) is 17.5 Å². The number of fused-ring (bicyclic) bond motifs is 1. The van der Waals surface area contributed by atoms with E-state index in [0.29, 0.717) is 18.0 Å². The average molecular weight is 391 g/mol. The largest absolute Gasteiger partial charge is 0.497 e. The monoisotopic (exact) mass is 390 g/mol. The zero-order chi connectivity index (χ0) is 20.6. The maximum Gasteiger partial charge on any atom is 0.252 e. The smallest absolute Gasteiger partial charge is 0.252 e. The Bertz CT molecular complexity index is 951. The number of ether oxygens (including phenoxy) is 1. The van der Waals surface area contributed by atoms with E-state index < -0.39 is 0 Å². The lowest BCUT2D eigenvalue weighted by Crippen LogP contribution is -2.29. The van der Waals surface area contributed by atoms with Crippen molar-refractivity contribution in [1.82, 2.24) is 10.3 Å². The van der Waals surface area contributed by atoms with E-state index in [1.165, 1.54) is 12.8 Å². The SMILES string of the molecule is CCCCC(CC)CNC(=O)c1cc(-c2ccc(OC)cc2)nc2ccccc12. The van der Waals surface area contributed by atoms with Crippen LogP contribution in [0.3, 0.4) is 0 Å². The number of pyridine rings is 1. The van der Waals surface area contributed by atoms with Gasteiger partial charge in [-0.05, 0) is 48.7 Å². The molecular formula is C25H30N2O2. The Morgan fingerprint density at radius 2 is 1.86 bits per heavy atom. The molecular weight excluding hydrogens is 360 g/mol. The second kappa shape index (κ2) is 10.1. The molecule has 0 aliphatic rings. The molecule has 3 rings (SSSR count). The third kappa shape index (κ3) is 5.14. The molecule has 3 aromatic rings. The van der Waals surface area contributed by atoms with Gasteiger partial charge in [-0.15, -0.1) is 0 Å². The van der Waals surface area contributed by atoms with Crippen molar-refractivity contribution in [2.45, 2.75) is 39.5 Å². The topological polar surface area (TPSA) is 51.2 Å². The number of amides is 1. The van der Waals surface area contributed by atoms with Crippen LogP contribution >= 0.6 is 0 Å². The Hall–Kier alpha value is -2.88. The van der Waals surface area contributed by atoms with Crippen LogP contribution in [0.5, 0.6) is 5.75 Å². The summed E-state index contributed by atoms with van der Waals surface area (Å²) in [5.41, 5.74) is 3.24. The molecule has 1 amide bonds. The number of carbonyl (C=O) groups excluding carboxylic acids is 1. The molecule has 0 saturated heterocycles. The van der Waals surface area contributed by atoms with Gasteiger partial charge < -0.3 is 10.1 Å². The van der Waals surface area contributed by atoms with Crippen LogP contribution in [-0.4, -0.2) is 24.5 Å². The van der Waals surface area contributed by atoms with Crippen LogP contribution in [0.15, 0.2) is 54.6 Å². The highest BCUT2D eigenvalue weighted by molar-refractivity contribution is 6.07. The molecule has 0 fully saturated rings. The fourth-order valence-electron chi connectivity index (χ4n) is 3.55. The standard InChI is InChI=1S/C25H30N2O2/c1-4-6-9-18(5-2)17-26-25(28)22-16-24(19-12-14-20(29-3)15-13-19)27-23-11-8-7-10-21(22)23/h7-8,10-16,18H,4-6,9,17H2,1-3H3,(H,26,28). The van der Waals surface area contributed by atoms with Crippen LogP contribution in [-0.2, 0) is 0 Å². The molecule has 1 atom stereocenters. The van der Waals surface area contributed by atoms with Gasteiger partial charge in [0.15, 0.2) is 0 Å². The minimum atomic E-state index is -0.0340. The zero-order valence-electron chi connectivity index (χ0n) is 17.6. The first-order valence-electron chi connectivity index (χ1n) is 10.5. The maximum absolute atomic E-state index is 13.1. The zero-order valence-corrected chi connectivity index (χ0v) is 17.6. The normalized spacial score (nSPS) is 12.0. The van der Waals surface area contributed by atoms with E-state index in [2.05, 4.69) is 19.2 Å². The number of hydrogen-bond acceptors (Lipinski definition) is 3. The highest BCUT2D eigenvalue weighted by Gasteiger charge is 2.15. The molecule has 0 radical (unpaired) electrons. The van der Waals surface area contributed by atoms with E-state index in [1.54, 1.807) is 7.11 Å². The molecule has 2 aromatic carbocycles. The van der Waals surface area contributed by atoms with Crippen molar-refractivity contribution in [3.63, 3.8) is 0 Å². The molecule has 1 N–H and O–H groups in total. The number of nitrogens with zero attached hydrogens (tertiary/aromatic N) is 1. The number of aromatic nitrogens is 1. The minimum absolute atomic E-state index is 0.0340. The molecule has 4 heteroatoms. The van der Waals surface area contributed by atoms with Crippen molar-refractivity contribution in [3.8, 4) is 17.0 Å². The summed E-state index contributed by atoms with van der Waals surface area (Å²) in [5, 5.41) is 4.04. The molecule has 152 valence electrons. The lowest BCUT2D eigenvalue weighted by Gasteiger charge is -2.16. The van der Waals surface area contributed by atoms with Gasteiger partial charge in [0.2, 0.25) is 0 Å². The Balaban J connectivity index is 1.90. The molecule has 0 spiro atoms. The van der Waals surface area contributed by atoms with Gasteiger partial charge in [0.05, 0.1) is 23.9 Å². The third-order valence-corrected chi connectivity index (χ3v) is 5.44. The van der Waals surface area contributed by atoms with Crippen LogP contribution in [0.2, 0.25) is 0 Å². The van der Waals surface area contributed by atoms with Crippen LogP contribution in [0.25, 0.3) is 22.2 Å². The first-order chi connectivity index (χ1) is 14.2. The Kier molecular flexibility index (Phi) is 7.23. The van der Waals surface area contributed by atoms with Gasteiger partial charge in [0.1, 0.15) is 5.75 Å². The van der Waals surface area contributed by atoms with Gasteiger partial charge in [-0.25, -0.2) is 4.98 Å². The number of benzene rings is 2. The van der Waals surface area contributed by atoms with Crippen LogP contribution in [0.4, 0.5) is 0 Å². The average Bonchev–Trinajstić information content (AvgIpc) is 2.78. The predicted molar refractivity (Wildman–Crippen MR) is 119 cm³/mol. The molecule has 0 saturated carbocycles. The molecule has 1 unspecified atom stereocenters. The van der Waals surface area contributed by atoms with Crippen LogP contribution in [0.1, 0.15) is 49.9 Å². The van der Waals surface area contributed by atoms with E-state index in [0.717, 1.165) is 40.8 Å². The van der Waals surface area contributed by atoms with E-state index in [-0.39, 0.29) is 5.91 Å². The summed E-state index contributed by atoms with van der Waals surface area (Å²) in [7, 11) is 1.65. The summed E-state index contributed by atoms with van der Waals surface area (Å²) in [5.74, 6) is 1.28. The minimum Gasteiger partial charge on any atom is -0.497 e. The highest BCUT2D eigenvalue weighted by Crippen LogP contribution is 2.26. The van der Waals surface area contributed by atoms with E-state index in [1.807, 2.05) is 54.6 Å². The summed E-state index contributed by atoms with van der Waals surface area (Å²) in [6.07, 6.45) is 4.62. The fourth-order valence-corrected chi connectivity index (χ4v) is 3.55. The van der Waals surface area contributed by atoms with Crippen LogP contribution in [0, 0.1) is 5.92 Å². The van der Waals surface area contributed by atoms with Gasteiger partial charge in [-0.3, -0.25) is 4.79 Å². The Labute approximate surface area is 173 Å². The molecule has 1 aromatic heterocycles. The highest BCUT2D eigenvalue weighted by atomic mass is 16.5. The molecule has 29 heavy (non-hydrogen) atoms. The van der Waals surface area contributed by atoms with E-state index in [4.69, 9.17) is 9.72 Å². The summed E-state index contributed by atoms with van der Waals surface area (Å²) >= 11 is 0. The number of para-hydroxylation sites is 1. The van der Waals surface area contributed by atoms with Gasteiger partial charge in [0.25, 0.3) is 5.91 Å². The van der Waals surface area contributed by atoms with Crippen molar-refractivity contribution < 1.29 is 9.53 Å². The van der Waals surface area contributed by atoms with Crippen molar-refractivity contribution in [2.75, 3.05) is 13.7 Å². The van der Waals surface area contributed by atoms with Crippen molar-refractivity contribution >= 4 is 16.8 Å². The van der Waals surface area contributed by atoms with Gasteiger partial charge >= 0.3 is 0 Å². The predicted octanol–water partition coefficient (Wildman–Crippen LogP) is 5.86. The second-order valence-corrected chi connectivity index (χ2v) is 7.43. The maximum atomic E-state index is 13.1. The number of carbonyl (C=O) groups is 1. The first-order valence-corrected chi connectivity index (χ1v) is 10.5. The number of hydrogen-bond donors (Lipinski definition) is 1. The second-order valence-electron chi connectivity index (χ2n) is 7.43. The molecule has 4 nitrogen and oxygen atoms in total. The van der Waals surface area contributed by atoms with Crippen LogP contribution < -0.4 is 10.1 Å². The lowest BCUT2D eigenvalue weighted by atomic mass is 9.99. The lowest BCUT2D eigenvalue weighted by molar-refractivity contribution is 0.0947. The summed E-state index contributed by atoms with van der Waals surface area (Å²) in [6, 6.07) is 17.5. The number of rotatable bonds is 9. The van der Waals surface area contributed by atoms with Gasteiger partial charge in [-0.1, -0.05) is 51.3 Å². The summed E-state index contributed by atoms with van der Waals surface area (Å²) in [6.45, 7) is 5.11. The van der Waals surface area contributed by atoms with Crippen molar-refractivity contribution in [1.29, 1.82) is 0 Å². The van der Waals surface area contributed by atoms with Gasteiger partial charge in [-0.2, -0.15) is 0 Å². The number of nitrogens with one attached hydrogen (secondary N) is 1. The molecule has 0 bridgehead atoms. The number of unbranched alkanes of at least 4 members (excludes halogenated alkanes) is 1. The van der Waals surface area contributed by atoms with Crippen molar-refractivity contribution in [2.24, 2.45) is 5.92 Å². The Morgan fingerprint density at radius 3 is 2.55 bits per heavy atom. The molecule has 0 aliphatic heterocycles. The quantitative estimate of drug-likeness (QED) is 0.498. The number of methoxy groups -OCH3 is 1. The first kappa shape index (κ1) is 20.8. The Morgan fingerprint density at radius 1 is 1.10 bits per heavy atom. The van der Waals surface area contributed by atoms with Crippen molar-refractivity contribution in [3.05, 3.63) is 60.2 Å². The summed E-state index contributed by atoms with van der Waals surface area (Å²) < 4.78 is 5.25. The fraction of sp³-hybridized carbons (Fsp3) is 0.360.